The quantitative estimate of drug-likeness (QED) is 0.909. The number of hydrogen-bond donors (Lipinski definition) is 1. The summed E-state index contributed by atoms with van der Waals surface area (Å²) in [4.78, 5) is 1.03. The highest BCUT2D eigenvalue weighted by Crippen LogP contribution is 2.31. The first-order valence-electron chi connectivity index (χ1n) is 5.74. The van der Waals surface area contributed by atoms with Gasteiger partial charge < -0.3 is 5.73 Å². The molecule has 0 bridgehead atoms. The van der Waals surface area contributed by atoms with E-state index in [1.54, 1.807) is 11.3 Å². The lowest BCUT2D eigenvalue weighted by atomic mass is 10.1. The van der Waals surface area contributed by atoms with Crippen molar-refractivity contribution in [3.63, 3.8) is 0 Å². The Hall–Kier alpha value is -0.360. The second-order valence-corrected chi connectivity index (χ2v) is 6.25. The summed E-state index contributed by atoms with van der Waals surface area (Å²) in [5.41, 5.74) is 8.37. The van der Waals surface area contributed by atoms with Gasteiger partial charge >= 0.3 is 0 Å². The predicted octanol–water partition coefficient (Wildman–Crippen LogP) is 3.93. The van der Waals surface area contributed by atoms with Gasteiger partial charge in [0.05, 0.1) is 20.9 Å². The lowest BCUT2D eigenvalue weighted by Crippen LogP contribution is -2.15. The van der Waals surface area contributed by atoms with Crippen LogP contribution >= 0.6 is 38.9 Å². The maximum atomic E-state index is 6.24. The Labute approximate surface area is 124 Å². The van der Waals surface area contributed by atoms with E-state index in [0.29, 0.717) is 0 Å². The van der Waals surface area contributed by atoms with Gasteiger partial charge in [0.15, 0.2) is 0 Å². The van der Waals surface area contributed by atoms with Gasteiger partial charge in [0.25, 0.3) is 0 Å². The molecular weight excluding hydrogens is 334 g/mol. The summed E-state index contributed by atoms with van der Waals surface area (Å²) in [5.74, 6) is 0. The minimum absolute atomic E-state index is 0.0878. The van der Waals surface area contributed by atoms with Crippen molar-refractivity contribution in [3.05, 3.63) is 37.2 Å². The molecule has 0 aliphatic heterocycles. The minimum Gasteiger partial charge on any atom is -0.323 e. The Morgan fingerprint density at radius 3 is 2.89 bits per heavy atom. The van der Waals surface area contributed by atoms with Crippen LogP contribution in [0.3, 0.4) is 0 Å². The number of nitrogens with two attached hydrogens (primary N) is 1. The molecule has 18 heavy (non-hydrogen) atoms. The zero-order valence-electron chi connectivity index (χ0n) is 10.3. The van der Waals surface area contributed by atoms with Gasteiger partial charge in [-0.3, -0.25) is 4.68 Å². The van der Waals surface area contributed by atoms with Crippen LogP contribution in [0.4, 0.5) is 0 Å². The monoisotopic (exact) mass is 347 g/mol. The van der Waals surface area contributed by atoms with Crippen LogP contribution in [0.15, 0.2) is 15.9 Å². The molecule has 1 unspecified atom stereocenters. The second kappa shape index (κ2) is 5.74. The fraction of sp³-hybridized carbons (Fsp3) is 0.417. The maximum Gasteiger partial charge on any atom is 0.0738 e. The number of aromatic nitrogens is 2. The Bertz CT molecular complexity index is 550. The molecule has 3 nitrogen and oxygen atoms in total. The van der Waals surface area contributed by atoms with Crippen molar-refractivity contribution in [2.24, 2.45) is 5.73 Å². The molecule has 2 rings (SSSR count). The third-order valence-electron chi connectivity index (χ3n) is 2.85. The molecule has 2 aromatic heterocycles. The third kappa shape index (κ3) is 2.64. The van der Waals surface area contributed by atoms with Gasteiger partial charge in [0.1, 0.15) is 0 Å². The van der Waals surface area contributed by atoms with Crippen LogP contribution < -0.4 is 5.73 Å². The molecule has 0 aliphatic carbocycles. The Morgan fingerprint density at radius 2 is 2.33 bits per heavy atom. The Balaban J connectivity index is 2.27. The first-order valence-corrected chi connectivity index (χ1v) is 7.79. The van der Waals surface area contributed by atoms with E-state index in [1.165, 1.54) is 0 Å². The van der Waals surface area contributed by atoms with Crippen LogP contribution in [0, 0.1) is 6.92 Å². The molecular formula is C12H15BrClN3S. The molecule has 98 valence electrons. The molecule has 2 heterocycles. The fourth-order valence-corrected chi connectivity index (χ4v) is 3.58. The molecule has 0 aliphatic rings. The van der Waals surface area contributed by atoms with E-state index in [-0.39, 0.29) is 6.04 Å². The summed E-state index contributed by atoms with van der Waals surface area (Å²) in [6.45, 7) is 4.90. The van der Waals surface area contributed by atoms with E-state index in [9.17, 15) is 0 Å². The van der Waals surface area contributed by atoms with E-state index in [1.807, 2.05) is 23.1 Å². The molecule has 0 aromatic carbocycles. The normalized spacial score (nSPS) is 12.9. The zero-order valence-corrected chi connectivity index (χ0v) is 13.4. The van der Waals surface area contributed by atoms with Crippen molar-refractivity contribution >= 4 is 38.9 Å². The van der Waals surface area contributed by atoms with Gasteiger partial charge in [-0.25, -0.2) is 0 Å². The van der Waals surface area contributed by atoms with Crippen molar-refractivity contribution in [2.45, 2.75) is 32.9 Å². The maximum absolute atomic E-state index is 6.24. The van der Waals surface area contributed by atoms with E-state index < -0.39 is 0 Å². The molecule has 0 fully saturated rings. The average Bonchev–Trinajstić information content (AvgIpc) is 2.87. The Morgan fingerprint density at radius 1 is 1.61 bits per heavy atom. The van der Waals surface area contributed by atoms with Crippen LogP contribution in [0.25, 0.3) is 0 Å². The number of rotatable bonds is 4. The number of thiophene rings is 1. The SMILES string of the molecule is CCn1nc(C)c(Br)c1CC(N)c1sccc1Cl. The molecule has 0 radical (unpaired) electrons. The van der Waals surface area contributed by atoms with Gasteiger partial charge in [0, 0.05) is 23.9 Å². The van der Waals surface area contributed by atoms with Crippen molar-refractivity contribution in [2.75, 3.05) is 0 Å². The highest BCUT2D eigenvalue weighted by atomic mass is 79.9. The largest absolute Gasteiger partial charge is 0.323 e. The van der Waals surface area contributed by atoms with Crippen molar-refractivity contribution in [3.8, 4) is 0 Å². The molecule has 0 saturated heterocycles. The third-order valence-corrected chi connectivity index (χ3v) is 5.37. The topological polar surface area (TPSA) is 43.8 Å². The molecule has 0 amide bonds. The molecule has 0 spiro atoms. The number of hydrogen-bond acceptors (Lipinski definition) is 3. The smallest absolute Gasteiger partial charge is 0.0738 e. The Kier molecular flexibility index (Phi) is 4.48. The summed E-state index contributed by atoms with van der Waals surface area (Å²) >= 11 is 11.3. The molecule has 2 N–H and O–H groups in total. The van der Waals surface area contributed by atoms with Crippen LogP contribution in [-0.4, -0.2) is 9.78 Å². The van der Waals surface area contributed by atoms with Crippen molar-refractivity contribution < 1.29 is 0 Å². The van der Waals surface area contributed by atoms with E-state index >= 15 is 0 Å². The molecule has 6 heteroatoms. The van der Waals surface area contributed by atoms with E-state index in [0.717, 1.165) is 38.7 Å². The first-order chi connectivity index (χ1) is 8.54. The predicted molar refractivity (Wildman–Crippen MR) is 80.3 cm³/mol. The molecule has 0 saturated carbocycles. The van der Waals surface area contributed by atoms with E-state index in [2.05, 4.69) is 28.0 Å². The molecule has 2 aromatic rings. The van der Waals surface area contributed by atoms with Crippen molar-refractivity contribution in [1.29, 1.82) is 0 Å². The summed E-state index contributed by atoms with van der Waals surface area (Å²) in [7, 11) is 0. The summed E-state index contributed by atoms with van der Waals surface area (Å²) in [6.07, 6.45) is 0.732. The van der Waals surface area contributed by atoms with Gasteiger partial charge in [-0.2, -0.15) is 5.10 Å². The van der Waals surface area contributed by atoms with Crippen LogP contribution in [0.5, 0.6) is 0 Å². The second-order valence-electron chi connectivity index (χ2n) is 4.11. The summed E-state index contributed by atoms with van der Waals surface area (Å²) in [6, 6.07) is 1.80. The summed E-state index contributed by atoms with van der Waals surface area (Å²) < 4.78 is 3.04. The standard InChI is InChI=1S/C12H15BrClN3S/c1-3-17-10(11(13)7(2)16-17)6-9(15)12-8(14)4-5-18-12/h4-5,9H,3,6,15H2,1-2H3. The number of nitrogens with zero attached hydrogens (tertiary/aromatic N) is 2. The van der Waals surface area contributed by atoms with Crippen LogP contribution in [-0.2, 0) is 13.0 Å². The average molecular weight is 349 g/mol. The van der Waals surface area contributed by atoms with Crippen molar-refractivity contribution in [1.82, 2.24) is 9.78 Å². The van der Waals surface area contributed by atoms with Gasteiger partial charge in [-0.05, 0) is 41.2 Å². The summed E-state index contributed by atoms with van der Waals surface area (Å²) in [5, 5.41) is 7.19. The molecule has 1 atom stereocenters. The lowest BCUT2D eigenvalue weighted by molar-refractivity contribution is 0.589. The number of aryl methyl sites for hydroxylation is 2. The van der Waals surface area contributed by atoms with Crippen LogP contribution in [0.2, 0.25) is 5.02 Å². The fourth-order valence-electron chi connectivity index (χ4n) is 1.93. The lowest BCUT2D eigenvalue weighted by Gasteiger charge is -2.12. The van der Waals surface area contributed by atoms with Gasteiger partial charge in [-0.15, -0.1) is 11.3 Å². The highest BCUT2D eigenvalue weighted by Gasteiger charge is 2.18. The highest BCUT2D eigenvalue weighted by molar-refractivity contribution is 9.10. The minimum atomic E-state index is -0.0878. The zero-order chi connectivity index (χ0) is 13.3. The van der Waals surface area contributed by atoms with Crippen LogP contribution in [0.1, 0.15) is 29.2 Å². The van der Waals surface area contributed by atoms with Gasteiger partial charge in [-0.1, -0.05) is 11.6 Å². The first kappa shape index (κ1) is 14.1. The van der Waals surface area contributed by atoms with E-state index in [4.69, 9.17) is 17.3 Å². The van der Waals surface area contributed by atoms with Gasteiger partial charge in [0.2, 0.25) is 0 Å². The number of halogens is 2.